The van der Waals surface area contributed by atoms with Crippen molar-refractivity contribution in [3.8, 4) is 0 Å². The summed E-state index contributed by atoms with van der Waals surface area (Å²) in [5.74, 6) is -2.57. The van der Waals surface area contributed by atoms with Gasteiger partial charge in [-0.1, -0.05) is 39.0 Å². The van der Waals surface area contributed by atoms with Crippen LogP contribution in [0.3, 0.4) is 0 Å². The summed E-state index contributed by atoms with van der Waals surface area (Å²) < 4.78 is 17.4. The van der Waals surface area contributed by atoms with Crippen LogP contribution < -0.4 is 0 Å². The predicted molar refractivity (Wildman–Crippen MR) is 113 cm³/mol. The lowest BCUT2D eigenvalue weighted by molar-refractivity contribution is -0.154. The fourth-order valence-electron chi connectivity index (χ4n) is 7.01. The second kappa shape index (κ2) is 7.39. The number of rotatable bonds is 4. The van der Waals surface area contributed by atoms with Gasteiger partial charge in [0.1, 0.15) is 6.10 Å². The Hall–Kier alpha value is -1.25. The van der Waals surface area contributed by atoms with Gasteiger partial charge < -0.3 is 29.5 Å². The van der Waals surface area contributed by atoms with Gasteiger partial charge in [0.05, 0.1) is 24.9 Å². The van der Waals surface area contributed by atoms with Crippen molar-refractivity contribution in [1.82, 2.24) is 0 Å². The van der Waals surface area contributed by atoms with E-state index in [1.807, 2.05) is 26.0 Å². The zero-order chi connectivity index (χ0) is 22.8. The smallest absolute Gasteiger partial charge is 0.302 e. The molecule has 0 amide bonds. The third-order valence-corrected chi connectivity index (χ3v) is 8.18. The van der Waals surface area contributed by atoms with Crippen LogP contribution in [0.2, 0.25) is 0 Å². The van der Waals surface area contributed by atoms with Crippen LogP contribution in [0.4, 0.5) is 0 Å². The molecule has 7 atom stereocenters. The molecule has 1 aliphatic heterocycles. The first kappa shape index (κ1) is 22.9. The van der Waals surface area contributed by atoms with E-state index in [-0.39, 0.29) is 17.9 Å². The van der Waals surface area contributed by atoms with Crippen molar-refractivity contribution in [1.29, 1.82) is 0 Å². The number of aliphatic hydroxyl groups excluding tert-OH is 2. The molecule has 0 aromatic carbocycles. The summed E-state index contributed by atoms with van der Waals surface area (Å²) in [5, 5.41) is 33.3. The number of aliphatic hydroxyl groups is 3. The van der Waals surface area contributed by atoms with Gasteiger partial charge in [0, 0.05) is 43.1 Å². The molecule has 0 radical (unpaired) electrons. The molecule has 4 aliphatic rings. The minimum Gasteiger partial charge on any atom is -0.461 e. The molecule has 2 saturated carbocycles. The van der Waals surface area contributed by atoms with Gasteiger partial charge in [-0.3, -0.25) is 4.79 Å². The number of esters is 1. The molecule has 1 saturated heterocycles. The molecule has 1 heterocycles. The highest BCUT2D eigenvalue weighted by atomic mass is 16.7. The van der Waals surface area contributed by atoms with Gasteiger partial charge in [0.15, 0.2) is 5.79 Å². The van der Waals surface area contributed by atoms with Crippen molar-refractivity contribution in [2.24, 2.45) is 28.6 Å². The molecule has 31 heavy (non-hydrogen) atoms. The fourth-order valence-corrected chi connectivity index (χ4v) is 7.01. The quantitative estimate of drug-likeness (QED) is 0.457. The Bertz CT molecular complexity index is 796. The maximum absolute atomic E-state index is 12.4. The Morgan fingerprint density at radius 1 is 1.26 bits per heavy atom. The van der Waals surface area contributed by atoms with Crippen LogP contribution in [0.5, 0.6) is 0 Å². The van der Waals surface area contributed by atoms with Crippen LogP contribution in [-0.2, 0) is 19.0 Å². The van der Waals surface area contributed by atoms with Gasteiger partial charge in [-0.2, -0.15) is 0 Å². The highest BCUT2D eigenvalue weighted by molar-refractivity contribution is 5.66. The standard InChI is InChI=1S/C24H36O7/c1-14(26)31-20-16-12-21(2,3)18(7-9-23(5)29-10-11-30-23)24(16,28)19-15(13-25)17(27)6-8-22(19,20)4/h6-8,15-17,19-20,25,27-28H,9-13H2,1-5H3/b18-7-/t15-,16-,17+,19+,20+,22-,24-/m1/s1. The summed E-state index contributed by atoms with van der Waals surface area (Å²) in [6, 6.07) is 0. The van der Waals surface area contributed by atoms with Gasteiger partial charge in [-0.15, -0.1) is 0 Å². The van der Waals surface area contributed by atoms with E-state index in [1.165, 1.54) is 6.92 Å². The Balaban J connectivity index is 1.84. The molecule has 7 heteroatoms. The second-order valence-corrected chi connectivity index (χ2v) is 10.7. The summed E-state index contributed by atoms with van der Waals surface area (Å²) in [5.41, 5.74) is -1.57. The zero-order valence-corrected chi connectivity index (χ0v) is 19.1. The van der Waals surface area contributed by atoms with E-state index in [0.29, 0.717) is 26.1 Å². The van der Waals surface area contributed by atoms with Crippen molar-refractivity contribution < 1.29 is 34.3 Å². The Labute approximate surface area is 184 Å². The van der Waals surface area contributed by atoms with E-state index >= 15 is 0 Å². The first-order valence-electron chi connectivity index (χ1n) is 11.3. The molecule has 0 unspecified atom stereocenters. The first-order valence-corrected chi connectivity index (χ1v) is 11.3. The SMILES string of the molecule is CC(=O)O[C@H]1[C@H]2CC(C)(C)/C(=C/CC3(C)OCCO3)[C@@]2(O)[C@H]2[C@H](CO)[C@@H](O)C=C[C@@]12C. The van der Waals surface area contributed by atoms with Gasteiger partial charge in [-0.05, 0) is 24.3 Å². The molecule has 3 fully saturated rings. The first-order chi connectivity index (χ1) is 14.4. The number of hydrogen-bond donors (Lipinski definition) is 3. The molecule has 7 nitrogen and oxygen atoms in total. The maximum Gasteiger partial charge on any atom is 0.302 e. The summed E-state index contributed by atoms with van der Waals surface area (Å²) in [6.45, 7) is 10.2. The van der Waals surface area contributed by atoms with Crippen molar-refractivity contribution in [2.75, 3.05) is 19.8 Å². The molecule has 0 spiro atoms. The molecule has 3 N–H and O–H groups in total. The Kier molecular flexibility index (Phi) is 5.46. The Morgan fingerprint density at radius 2 is 1.90 bits per heavy atom. The summed E-state index contributed by atoms with van der Waals surface area (Å²) >= 11 is 0. The molecule has 4 rings (SSSR count). The topological polar surface area (TPSA) is 105 Å². The zero-order valence-electron chi connectivity index (χ0n) is 19.1. The van der Waals surface area contributed by atoms with Crippen molar-refractivity contribution in [3.63, 3.8) is 0 Å². The van der Waals surface area contributed by atoms with Crippen LogP contribution in [0.1, 0.15) is 47.5 Å². The minimum atomic E-state index is -1.34. The lowest BCUT2D eigenvalue weighted by Gasteiger charge is -2.47. The highest BCUT2D eigenvalue weighted by Crippen LogP contribution is 2.69. The van der Waals surface area contributed by atoms with E-state index in [2.05, 4.69) is 13.8 Å². The second-order valence-electron chi connectivity index (χ2n) is 10.7. The fraction of sp³-hybridized carbons (Fsp3) is 0.792. The van der Waals surface area contributed by atoms with Gasteiger partial charge in [0.25, 0.3) is 0 Å². The molecular weight excluding hydrogens is 400 g/mol. The van der Waals surface area contributed by atoms with E-state index in [1.54, 1.807) is 6.08 Å². The van der Waals surface area contributed by atoms with Crippen molar-refractivity contribution >= 4 is 5.97 Å². The minimum absolute atomic E-state index is 0.273. The van der Waals surface area contributed by atoms with Gasteiger partial charge >= 0.3 is 5.97 Å². The van der Waals surface area contributed by atoms with Crippen LogP contribution in [0, 0.1) is 28.6 Å². The van der Waals surface area contributed by atoms with Crippen molar-refractivity contribution in [2.45, 2.75) is 71.1 Å². The maximum atomic E-state index is 12.4. The van der Waals surface area contributed by atoms with E-state index in [9.17, 15) is 20.1 Å². The van der Waals surface area contributed by atoms with Crippen molar-refractivity contribution in [3.05, 3.63) is 23.8 Å². The third kappa shape index (κ3) is 3.32. The van der Waals surface area contributed by atoms with Crippen LogP contribution >= 0.6 is 0 Å². The average molecular weight is 437 g/mol. The largest absolute Gasteiger partial charge is 0.461 e. The summed E-state index contributed by atoms with van der Waals surface area (Å²) in [7, 11) is 0. The van der Waals surface area contributed by atoms with E-state index in [0.717, 1.165) is 5.57 Å². The number of carbonyl (C=O) groups is 1. The average Bonchev–Trinajstić information content (AvgIpc) is 3.24. The third-order valence-electron chi connectivity index (χ3n) is 8.18. The number of fused-ring (bicyclic) bond motifs is 3. The Morgan fingerprint density at radius 3 is 2.48 bits per heavy atom. The molecular formula is C24H36O7. The molecule has 0 aromatic heterocycles. The molecule has 0 bridgehead atoms. The lowest BCUT2D eigenvalue weighted by atomic mass is 9.60. The molecule has 174 valence electrons. The van der Waals surface area contributed by atoms with Crippen LogP contribution in [0.15, 0.2) is 23.8 Å². The molecule has 3 aliphatic carbocycles. The lowest BCUT2D eigenvalue weighted by Crippen LogP contribution is -2.52. The molecule has 0 aromatic rings. The van der Waals surface area contributed by atoms with E-state index < -0.39 is 46.8 Å². The summed E-state index contributed by atoms with van der Waals surface area (Å²) in [4.78, 5) is 12.0. The van der Waals surface area contributed by atoms with Crippen LogP contribution in [0.25, 0.3) is 0 Å². The predicted octanol–water partition coefficient (Wildman–Crippen LogP) is 1.95. The van der Waals surface area contributed by atoms with E-state index in [4.69, 9.17) is 14.2 Å². The van der Waals surface area contributed by atoms with Gasteiger partial charge in [-0.25, -0.2) is 0 Å². The highest BCUT2D eigenvalue weighted by Gasteiger charge is 2.74. The summed E-state index contributed by atoms with van der Waals surface area (Å²) in [6.07, 6.45) is 5.21. The van der Waals surface area contributed by atoms with Crippen LogP contribution in [-0.4, -0.2) is 64.7 Å². The monoisotopic (exact) mass is 436 g/mol. The van der Waals surface area contributed by atoms with Gasteiger partial charge in [0.2, 0.25) is 0 Å². The number of hydrogen-bond acceptors (Lipinski definition) is 7. The normalized spacial score (nSPS) is 46.2. The number of carbonyl (C=O) groups excluding carboxylic acids is 1. The number of ether oxygens (including phenoxy) is 3.